The Balaban J connectivity index is 1.40. The number of piperazine rings is 1. The van der Waals surface area contributed by atoms with E-state index in [0.29, 0.717) is 12.4 Å². The number of pyridine rings is 1. The maximum Gasteiger partial charge on any atom is 0.410 e. The number of carbonyl (C=O) groups excluding carboxylic acids is 1. The molecule has 2 atom stereocenters. The molecule has 2 N–H and O–H groups in total. The van der Waals surface area contributed by atoms with Crippen molar-refractivity contribution in [1.29, 1.82) is 0 Å². The Hall–Kier alpha value is -3.29. The zero-order chi connectivity index (χ0) is 21.9. The van der Waals surface area contributed by atoms with Gasteiger partial charge in [0.25, 0.3) is 0 Å². The minimum absolute atomic E-state index is 0.147. The number of fused-ring (bicyclic) bond motifs is 3. The summed E-state index contributed by atoms with van der Waals surface area (Å²) in [6.07, 6.45) is 2.51. The molecule has 3 aromatic rings. The molecule has 31 heavy (non-hydrogen) atoms. The van der Waals surface area contributed by atoms with E-state index >= 15 is 0 Å². The molecule has 1 amide bonds. The smallest absolute Gasteiger partial charge is 0.410 e. The van der Waals surface area contributed by atoms with Gasteiger partial charge in [-0.3, -0.25) is 0 Å². The van der Waals surface area contributed by atoms with E-state index in [0.717, 1.165) is 40.9 Å². The van der Waals surface area contributed by atoms with Crippen molar-refractivity contribution < 1.29 is 9.53 Å². The number of hydrogen-bond acceptors (Lipinski definition) is 6. The molecule has 5 rings (SSSR count). The number of carbonyl (C=O) groups is 1. The highest BCUT2D eigenvalue weighted by Gasteiger charge is 2.47. The van der Waals surface area contributed by atoms with Crippen molar-refractivity contribution in [2.75, 3.05) is 23.7 Å². The summed E-state index contributed by atoms with van der Waals surface area (Å²) < 4.78 is 7.45. The molecule has 8 heteroatoms. The first kappa shape index (κ1) is 19.7. The average molecular weight is 421 g/mol. The van der Waals surface area contributed by atoms with E-state index in [-0.39, 0.29) is 18.2 Å². The van der Waals surface area contributed by atoms with Crippen LogP contribution in [0.25, 0.3) is 16.6 Å². The monoisotopic (exact) mass is 420 g/mol. The van der Waals surface area contributed by atoms with Crippen LogP contribution in [0.2, 0.25) is 0 Å². The zero-order valence-corrected chi connectivity index (χ0v) is 18.4. The molecule has 2 fully saturated rings. The van der Waals surface area contributed by atoms with Crippen LogP contribution < -0.4 is 10.6 Å². The second-order valence-electron chi connectivity index (χ2n) is 9.52. The van der Waals surface area contributed by atoms with E-state index < -0.39 is 5.60 Å². The van der Waals surface area contributed by atoms with E-state index in [9.17, 15) is 4.79 Å². The summed E-state index contributed by atoms with van der Waals surface area (Å²) in [4.78, 5) is 21.3. The summed E-state index contributed by atoms with van der Waals surface area (Å²) in [5.41, 5.74) is 8.72. The summed E-state index contributed by atoms with van der Waals surface area (Å²) in [6, 6.07) is 10.5. The lowest BCUT2D eigenvalue weighted by Crippen LogP contribution is -2.50. The van der Waals surface area contributed by atoms with Crippen molar-refractivity contribution in [2.24, 2.45) is 0 Å². The Morgan fingerprint density at radius 3 is 2.68 bits per heavy atom. The topological polar surface area (TPSA) is 89.5 Å². The lowest BCUT2D eigenvalue weighted by Gasteiger charge is -2.35. The molecule has 2 aliphatic heterocycles. The van der Waals surface area contributed by atoms with Crippen molar-refractivity contribution in [3.63, 3.8) is 0 Å². The lowest BCUT2D eigenvalue weighted by molar-refractivity contribution is 0.0214. The van der Waals surface area contributed by atoms with Gasteiger partial charge in [-0.2, -0.15) is 0 Å². The van der Waals surface area contributed by atoms with Crippen LogP contribution in [0.4, 0.5) is 16.4 Å². The Kier molecular flexibility index (Phi) is 4.35. The highest BCUT2D eigenvalue weighted by Crippen LogP contribution is 2.35. The van der Waals surface area contributed by atoms with Crippen molar-refractivity contribution >= 4 is 28.6 Å². The van der Waals surface area contributed by atoms with Crippen molar-refractivity contribution in [1.82, 2.24) is 19.7 Å². The predicted octanol–water partition coefficient (Wildman–Crippen LogP) is 3.51. The van der Waals surface area contributed by atoms with Crippen molar-refractivity contribution in [2.45, 2.75) is 51.8 Å². The third kappa shape index (κ3) is 3.45. The molecule has 2 saturated heterocycles. The third-order valence-electron chi connectivity index (χ3n) is 6.00. The van der Waals surface area contributed by atoms with Gasteiger partial charge >= 0.3 is 6.09 Å². The minimum Gasteiger partial charge on any atom is -0.444 e. The van der Waals surface area contributed by atoms with Gasteiger partial charge in [0.05, 0.1) is 23.3 Å². The van der Waals surface area contributed by atoms with Gasteiger partial charge < -0.3 is 20.3 Å². The third-order valence-corrected chi connectivity index (χ3v) is 6.00. The van der Waals surface area contributed by atoms with Crippen LogP contribution in [-0.2, 0) is 4.74 Å². The fourth-order valence-corrected chi connectivity index (χ4v) is 4.63. The van der Waals surface area contributed by atoms with Crippen molar-refractivity contribution in [3.05, 3.63) is 42.1 Å². The number of nitrogens with two attached hydrogens (primary N) is 1. The number of nitrogen functional groups attached to an aromatic ring is 1. The quantitative estimate of drug-likeness (QED) is 0.682. The summed E-state index contributed by atoms with van der Waals surface area (Å²) in [6.45, 7) is 9.16. The number of likely N-dealkylation sites (tertiary alicyclic amines) is 1. The van der Waals surface area contributed by atoms with Gasteiger partial charge in [0.2, 0.25) is 0 Å². The fourth-order valence-electron chi connectivity index (χ4n) is 4.63. The Bertz CT molecular complexity index is 1160. The molecule has 4 heterocycles. The molecule has 2 aromatic heterocycles. The van der Waals surface area contributed by atoms with Gasteiger partial charge in [0.15, 0.2) is 5.82 Å². The predicted molar refractivity (Wildman–Crippen MR) is 120 cm³/mol. The van der Waals surface area contributed by atoms with E-state index in [1.165, 1.54) is 0 Å². The number of amides is 1. The molecule has 2 bridgehead atoms. The molecule has 0 saturated carbocycles. The number of nitrogens with zero attached hydrogens (tertiary/aromatic N) is 5. The normalized spacial score (nSPS) is 20.6. The highest BCUT2D eigenvalue weighted by molar-refractivity contribution is 5.90. The molecule has 8 nitrogen and oxygen atoms in total. The molecule has 0 spiro atoms. The van der Waals surface area contributed by atoms with Gasteiger partial charge in [-0.05, 0) is 57.9 Å². The maximum atomic E-state index is 12.5. The zero-order valence-electron chi connectivity index (χ0n) is 18.4. The molecule has 2 aliphatic rings. The van der Waals surface area contributed by atoms with Gasteiger partial charge in [-0.15, -0.1) is 5.10 Å². The molecule has 0 unspecified atom stereocenters. The second-order valence-corrected chi connectivity index (χ2v) is 9.52. The number of hydrogen-bond donors (Lipinski definition) is 1. The standard InChI is InChI=1S/C23H28N6O2/c1-14-5-6-18-19(9-14)29(26-21(18)24)15-7-8-25-20(11-15)27-12-17-10-16(27)13-28(17)22(30)31-23(2,3)4/h5-9,11,16-17H,10,12-13H2,1-4H3,(H2,24,26)/t16-,17-/m0/s1. The van der Waals surface area contributed by atoms with E-state index in [4.69, 9.17) is 10.5 Å². The Labute approximate surface area is 181 Å². The van der Waals surface area contributed by atoms with Crippen LogP contribution in [0.5, 0.6) is 0 Å². The number of rotatable bonds is 2. The maximum absolute atomic E-state index is 12.5. The summed E-state index contributed by atoms with van der Waals surface area (Å²) in [5.74, 6) is 1.41. The van der Waals surface area contributed by atoms with Gasteiger partial charge in [0, 0.05) is 30.7 Å². The number of benzene rings is 1. The van der Waals surface area contributed by atoms with Crippen LogP contribution in [-0.4, -0.2) is 56.5 Å². The number of aromatic nitrogens is 3. The fraction of sp³-hybridized carbons (Fsp3) is 0.435. The molecular formula is C23H28N6O2. The largest absolute Gasteiger partial charge is 0.444 e. The second kappa shape index (κ2) is 6.87. The molecule has 162 valence electrons. The average Bonchev–Trinajstić information content (AvgIpc) is 3.39. The van der Waals surface area contributed by atoms with Crippen molar-refractivity contribution in [3.8, 4) is 5.69 Å². The molecule has 0 radical (unpaired) electrons. The van der Waals surface area contributed by atoms with E-state index in [1.807, 2.05) is 60.8 Å². The Morgan fingerprint density at radius 2 is 1.97 bits per heavy atom. The van der Waals surface area contributed by atoms with Crippen LogP contribution in [0.15, 0.2) is 36.5 Å². The number of ether oxygens (including phenoxy) is 1. The highest BCUT2D eigenvalue weighted by atomic mass is 16.6. The van der Waals surface area contributed by atoms with Gasteiger partial charge in [0.1, 0.15) is 11.4 Å². The van der Waals surface area contributed by atoms with Gasteiger partial charge in [-0.25, -0.2) is 14.5 Å². The van der Waals surface area contributed by atoms with E-state index in [1.54, 1.807) is 0 Å². The first-order valence-electron chi connectivity index (χ1n) is 10.7. The lowest BCUT2D eigenvalue weighted by atomic mass is 10.2. The van der Waals surface area contributed by atoms with Crippen LogP contribution >= 0.6 is 0 Å². The summed E-state index contributed by atoms with van der Waals surface area (Å²) >= 11 is 0. The van der Waals surface area contributed by atoms with Crippen LogP contribution in [0.3, 0.4) is 0 Å². The van der Waals surface area contributed by atoms with E-state index in [2.05, 4.69) is 28.0 Å². The summed E-state index contributed by atoms with van der Waals surface area (Å²) in [7, 11) is 0. The SMILES string of the molecule is Cc1ccc2c(N)nn(-c3ccnc(N4C[C@@H]5C[C@H]4CN5C(=O)OC(C)(C)C)c3)c2c1. The molecule has 1 aromatic carbocycles. The molecule has 0 aliphatic carbocycles. The molecular weight excluding hydrogens is 392 g/mol. The number of aryl methyl sites for hydroxylation is 1. The Morgan fingerprint density at radius 1 is 1.16 bits per heavy atom. The summed E-state index contributed by atoms with van der Waals surface area (Å²) in [5, 5.41) is 5.51. The van der Waals surface area contributed by atoms with Gasteiger partial charge in [-0.1, -0.05) is 6.07 Å². The van der Waals surface area contributed by atoms with Crippen LogP contribution in [0.1, 0.15) is 32.8 Å². The number of anilines is 2. The van der Waals surface area contributed by atoms with Crippen LogP contribution in [0, 0.1) is 6.92 Å². The minimum atomic E-state index is -0.485. The first-order chi connectivity index (χ1) is 14.7. The first-order valence-corrected chi connectivity index (χ1v) is 10.7.